The minimum Gasteiger partial charge on any atom is -0.361 e. The SMILES string of the molecule is C=CC(c1ccccc1)N1CCCc2ccccc21. The van der Waals surface area contributed by atoms with Crippen molar-refractivity contribution in [1.29, 1.82) is 0 Å². The maximum absolute atomic E-state index is 4.04. The molecule has 1 heterocycles. The molecule has 0 aromatic heterocycles. The molecule has 96 valence electrons. The summed E-state index contributed by atoms with van der Waals surface area (Å²) in [5.74, 6) is 0. The number of para-hydroxylation sites is 1. The van der Waals surface area contributed by atoms with Crippen LogP contribution in [0.3, 0.4) is 0 Å². The number of fused-ring (bicyclic) bond motifs is 1. The van der Waals surface area contributed by atoms with E-state index in [1.807, 2.05) is 0 Å². The van der Waals surface area contributed by atoms with E-state index in [0.29, 0.717) is 0 Å². The third-order valence-electron chi connectivity index (χ3n) is 3.85. The van der Waals surface area contributed by atoms with Crippen LogP contribution >= 0.6 is 0 Å². The fourth-order valence-electron chi connectivity index (χ4n) is 2.95. The third-order valence-corrected chi connectivity index (χ3v) is 3.85. The summed E-state index contributed by atoms with van der Waals surface area (Å²) in [4.78, 5) is 2.47. The third kappa shape index (κ3) is 2.28. The van der Waals surface area contributed by atoms with Crippen LogP contribution in [0.5, 0.6) is 0 Å². The lowest BCUT2D eigenvalue weighted by atomic mass is 9.97. The Morgan fingerprint density at radius 2 is 1.74 bits per heavy atom. The summed E-state index contributed by atoms with van der Waals surface area (Å²) in [5.41, 5.74) is 4.13. The van der Waals surface area contributed by atoms with E-state index in [1.54, 1.807) is 0 Å². The monoisotopic (exact) mass is 249 g/mol. The quantitative estimate of drug-likeness (QED) is 0.730. The second-order valence-corrected chi connectivity index (χ2v) is 5.02. The topological polar surface area (TPSA) is 3.24 Å². The molecule has 0 saturated carbocycles. The molecule has 1 nitrogen and oxygen atoms in total. The van der Waals surface area contributed by atoms with Crippen LogP contribution in [-0.2, 0) is 6.42 Å². The molecular weight excluding hydrogens is 230 g/mol. The molecule has 0 spiro atoms. The van der Waals surface area contributed by atoms with Gasteiger partial charge >= 0.3 is 0 Å². The zero-order valence-corrected chi connectivity index (χ0v) is 11.1. The van der Waals surface area contributed by atoms with Crippen LogP contribution in [0.1, 0.15) is 23.6 Å². The first-order valence-corrected chi connectivity index (χ1v) is 6.92. The molecule has 0 N–H and O–H groups in total. The van der Waals surface area contributed by atoms with E-state index in [4.69, 9.17) is 0 Å². The summed E-state index contributed by atoms with van der Waals surface area (Å²) in [6.45, 7) is 5.14. The summed E-state index contributed by atoms with van der Waals surface area (Å²) in [6.07, 6.45) is 4.46. The van der Waals surface area contributed by atoms with Crippen molar-refractivity contribution in [3.05, 3.63) is 78.4 Å². The molecule has 0 fully saturated rings. The maximum Gasteiger partial charge on any atom is 0.0724 e. The van der Waals surface area contributed by atoms with E-state index in [1.165, 1.54) is 29.7 Å². The van der Waals surface area contributed by atoms with Gasteiger partial charge in [0.25, 0.3) is 0 Å². The molecule has 1 atom stereocenters. The Kier molecular flexibility index (Phi) is 3.37. The minimum absolute atomic E-state index is 0.266. The number of hydrogen-bond acceptors (Lipinski definition) is 1. The lowest BCUT2D eigenvalue weighted by Gasteiger charge is -2.36. The predicted molar refractivity (Wildman–Crippen MR) is 81.5 cm³/mol. The smallest absolute Gasteiger partial charge is 0.0724 e. The van der Waals surface area contributed by atoms with Gasteiger partial charge in [-0.2, -0.15) is 0 Å². The number of nitrogens with zero attached hydrogens (tertiary/aromatic N) is 1. The Hall–Kier alpha value is -2.02. The number of hydrogen-bond donors (Lipinski definition) is 0. The highest BCUT2D eigenvalue weighted by molar-refractivity contribution is 5.58. The molecule has 1 heteroatoms. The first kappa shape index (κ1) is 12.0. The van der Waals surface area contributed by atoms with Crippen LogP contribution < -0.4 is 4.90 Å². The normalized spacial score (nSPS) is 15.7. The van der Waals surface area contributed by atoms with Gasteiger partial charge in [-0.3, -0.25) is 0 Å². The molecule has 0 radical (unpaired) electrons. The van der Waals surface area contributed by atoms with Crippen LogP contribution in [0.15, 0.2) is 67.3 Å². The first-order chi connectivity index (χ1) is 9.40. The lowest BCUT2D eigenvalue weighted by molar-refractivity contribution is 0.649. The summed E-state index contributed by atoms with van der Waals surface area (Å²) in [6, 6.07) is 19.6. The van der Waals surface area contributed by atoms with Gasteiger partial charge in [0, 0.05) is 12.2 Å². The standard InChI is InChI=1S/C18H19N/c1-2-17(15-9-4-3-5-10-15)19-14-8-12-16-11-6-7-13-18(16)19/h2-7,9-11,13,17H,1,8,12,14H2. The first-order valence-electron chi connectivity index (χ1n) is 6.92. The number of aryl methyl sites for hydroxylation is 1. The van der Waals surface area contributed by atoms with Crippen LogP contribution in [0.25, 0.3) is 0 Å². The zero-order chi connectivity index (χ0) is 13.1. The van der Waals surface area contributed by atoms with E-state index in [-0.39, 0.29) is 6.04 Å². The molecule has 3 rings (SSSR count). The minimum atomic E-state index is 0.266. The Bertz CT molecular complexity index is 559. The molecular formula is C18H19N. The van der Waals surface area contributed by atoms with Crippen LogP contribution in [-0.4, -0.2) is 6.54 Å². The molecule has 2 aromatic rings. The predicted octanol–water partition coefficient (Wildman–Crippen LogP) is 4.37. The van der Waals surface area contributed by atoms with Gasteiger partial charge < -0.3 is 4.90 Å². The molecule has 0 bridgehead atoms. The molecule has 0 aliphatic carbocycles. The summed E-state index contributed by atoms with van der Waals surface area (Å²) >= 11 is 0. The van der Waals surface area contributed by atoms with Gasteiger partial charge in [0.15, 0.2) is 0 Å². The van der Waals surface area contributed by atoms with Gasteiger partial charge in [-0.15, -0.1) is 6.58 Å². The van der Waals surface area contributed by atoms with Crippen molar-refractivity contribution in [2.45, 2.75) is 18.9 Å². The average molecular weight is 249 g/mol. The van der Waals surface area contributed by atoms with E-state index in [0.717, 1.165) is 6.54 Å². The van der Waals surface area contributed by atoms with E-state index < -0.39 is 0 Å². The second kappa shape index (κ2) is 5.31. The molecule has 2 aromatic carbocycles. The highest BCUT2D eigenvalue weighted by atomic mass is 15.2. The summed E-state index contributed by atoms with van der Waals surface area (Å²) < 4.78 is 0. The van der Waals surface area contributed by atoms with Crippen molar-refractivity contribution in [1.82, 2.24) is 0 Å². The number of benzene rings is 2. The molecule has 1 unspecified atom stereocenters. The van der Waals surface area contributed by atoms with Crippen molar-refractivity contribution >= 4 is 5.69 Å². The van der Waals surface area contributed by atoms with Gasteiger partial charge in [-0.1, -0.05) is 54.6 Å². The fraction of sp³-hybridized carbons (Fsp3) is 0.222. The molecule has 19 heavy (non-hydrogen) atoms. The molecule has 0 amide bonds. The second-order valence-electron chi connectivity index (χ2n) is 5.02. The highest BCUT2D eigenvalue weighted by Crippen LogP contribution is 2.34. The largest absolute Gasteiger partial charge is 0.361 e. The fourth-order valence-corrected chi connectivity index (χ4v) is 2.95. The van der Waals surface area contributed by atoms with Crippen LogP contribution in [0.2, 0.25) is 0 Å². The Morgan fingerprint density at radius 1 is 1.00 bits per heavy atom. The van der Waals surface area contributed by atoms with Gasteiger partial charge in [-0.05, 0) is 30.0 Å². The van der Waals surface area contributed by atoms with Crippen molar-refractivity contribution < 1.29 is 0 Å². The van der Waals surface area contributed by atoms with Gasteiger partial charge in [-0.25, -0.2) is 0 Å². The van der Waals surface area contributed by atoms with Crippen LogP contribution in [0, 0.1) is 0 Å². The van der Waals surface area contributed by atoms with Crippen LogP contribution in [0.4, 0.5) is 5.69 Å². The van der Waals surface area contributed by atoms with Gasteiger partial charge in [0.05, 0.1) is 6.04 Å². The van der Waals surface area contributed by atoms with Gasteiger partial charge in [0.2, 0.25) is 0 Å². The summed E-state index contributed by atoms with van der Waals surface area (Å²) in [5, 5.41) is 0. The molecule has 0 saturated heterocycles. The maximum atomic E-state index is 4.04. The van der Waals surface area contributed by atoms with E-state index in [2.05, 4.69) is 72.2 Å². The number of anilines is 1. The Morgan fingerprint density at radius 3 is 2.53 bits per heavy atom. The van der Waals surface area contributed by atoms with E-state index in [9.17, 15) is 0 Å². The van der Waals surface area contributed by atoms with Crippen molar-refractivity contribution in [2.75, 3.05) is 11.4 Å². The number of rotatable bonds is 3. The average Bonchev–Trinajstić information content (AvgIpc) is 2.49. The Balaban J connectivity index is 2.00. The highest BCUT2D eigenvalue weighted by Gasteiger charge is 2.22. The molecule has 1 aliphatic heterocycles. The molecule has 1 aliphatic rings. The lowest BCUT2D eigenvalue weighted by Crippen LogP contribution is -2.32. The van der Waals surface area contributed by atoms with Crippen molar-refractivity contribution in [3.8, 4) is 0 Å². The zero-order valence-electron chi connectivity index (χ0n) is 11.1. The van der Waals surface area contributed by atoms with Crippen molar-refractivity contribution in [2.24, 2.45) is 0 Å². The van der Waals surface area contributed by atoms with E-state index >= 15 is 0 Å². The van der Waals surface area contributed by atoms with Crippen molar-refractivity contribution in [3.63, 3.8) is 0 Å². The Labute approximate surface area is 115 Å². The van der Waals surface area contributed by atoms with Gasteiger partial charge in [0.1, 0.15) is 0 Å². The summed E-state index contributed by atoms with van der Waals surface area (Å²) in [7, 11) is 0.